The van der Waals surface area contributed by atoms with Crippen molar-refractivity contribution in [2.45, 2.75) is 5.37 Å². The predicted molar refractivity (Wildman–Crippen MR) is 86.1 cm³/mol. The van der Waals surface area contributed by atoms with Gasteiger partial charge in [0, 0.05) is 17.4 Å². The van der Waals surface area contributed by atoms with E-state index in [0.29, 0.717) is 22.9 Å². The maximum atomic E-state index is 12.3. The average Bonchev–Trinajstić information content (AvgIpc) is 3.12. The van der Waals surface area contributed by atoms with E-state index in [2.05, 4.69) is 0 Å². The highest BCUT2D eigenvalue weighted by Crippen LogP contribution is 2.44. The maximum Gasteiger partial charge on any atom is 0.238 e. The average molecular weight is 314 g/mol. The van der Waals surface area contributed by atoms with Crippen molar-refractivity contribution in [3.63, 3.8) is 0 Å². The standard InChI is InChI=1S/C16H14N2O3S/c17-11-3-1-2-10(6-11)16-18(15(19)8-22-16)12-4-5-13-14(7-12)21-9-20-13/h1-7,16H,8-9,17H2/t16-/m0/s1. The topological polar surface area (TPSA) is 64.8 Å². The molecule has 2 aliphatic rings. The Morgan fingerprint density at radius 2 is 2.00 bits per heavy atom. The van der Waals surface area contributed by atoms with Gasteiger partial charge in [0.25, 0.3) is 0 Å². The minimum absolute atomic E-state index is 0.0728. The number of amides is 1. The molecule has 0 unspecified atom stereocenters. The van der Waals surface area contributed by atoms with E-state index in [1.807, 2.05) is 42.5 Å². The van der Waals surface area contributed by atoms with E-state index in [0.717, 1.165) is 11.3 Å². The number of nitrogens with two attached hydrogens (primary N) is 1. The molecule has 4 rings (SSSR count). The van der Waals surface area contributed by atoms with E-state index in [-0.39, 0.29) is 18.1 Å². The molecule has 2 aliphatic heterocycles. The number of nitrogens with zero attached hydrogens (tertiary/aromatic N) is 1. The maximum absolute atomic E-state index is 12.3. The highest BCUT2D eigenvalue weighted by atomic mass is 32.2. The molecule has 5 nitrogen and oxygen atoms in total. The van der Waals surface area contributed by atoms with E-state index in [1.165, 1.54) is 0 Å². The summed E-state index contributed by atoms with van der Waals surface area (Å²) < 4.78 is 10.7. The molecule has 1 saturated heterocycles. The Hall–Kier alpha value is -2.34. The van der Waals surface area contributed by atoms with Crippen LogP contribution in [-0.4, -0.2) is 18.5 Å². The van der Waals surface area contributed by atoms with Gasteiger partial charge in [-0.05, 0) is 29.8 Å². The van der Waals surface area contributed by atoms with Crippen LogP contribution in [0.25, 0.3) is 0 Å². The molecule has 2 aromatic rings. The first-order valence-electron chi connectivity index (χ1n) is 6.91. The van der Waals surface area contributed by atoms with Crippen LogP contribution in [-0.2, 0) is 4.79 Å². The Kier molecular flexibility index (Phi) is 3.11. The number of nitrogen functional groups attached to an aromatic ring is 1. The molecule has 0 saturated carbocycles. The van der Waals surface area contributed by atoms with Crippen molar-refractivity contribution in [1.29, 1.82) is 0 Å². The molecule has 2 N–H and O–H groups in total. The van der Waals surface area contributed by atoms with Crippen molar-refractivity contribution in [1.82, 2.24) is 0 Å². The van der Waals surface area contributed by atoms with E-state index in [1.54, 1.807) is 16.7 Å². The molecule has 0 aromatic heterocycles. The van der Waals surface area contributed by atoms with Gasteiger partial charge < -0.3 is 15.2 Å². The zero-order valence-corrected chi connectivity index (χ0v) is 12.5. The lowest BCUT2D eigenvalue weighted by Gasteiger charge is -2.24. The minimum Gasteiger partial charge on any atom is -0.454 e. The first-order chi connectivity index (χ1) is 10.7. The van der Waals surface area contributed by atoms with Crippen LogP contribution in [0.15, 0.2) is 42.5 Å². The molecule has 1 amide bonds. The first-order valence-corrected chi connectivity index (χ1v) is 7.96. The number of hydrogen-bond acceptors (Lipinski definition) is 5. The van der Waals surface area contributed by atoms with Gasteiger partial charge in [0.2, 0.25) is 12.7 Å². The molecule has 0 bridgehead atoms. The molecule has 0 spiro atoms. The van der Waals surface area contributed by atoms with Gasteiger partial charge in [-0.2, -0.15) is 0 Å². The number of ether oxygens (including phenoxy) is 2. The Balaban J connectivity index is 1.73. The molecule has 1 fully saturated rings. The monoisotopic (exact) mass is 314 g/mol. The highest BCUT2D eigenvalue weighted by molar-refractivity contribution is 8.00. The summed E-state index contributed by atoms with van der Waals surface area (Å²) in [6.07, 6.45) is 0. The Morgan fingerprint density at radius 1 is 1.14 bits per heavy atom. The van der Waals surface area contributed by atoms with E-state index >= 15 is 0 Å². The lowest BCUT2D eigenvalue weighted by atomic mass is 10.1. The summed E-state index contributed by atoms with van der Waals surface area (Å²) in [6, 6.07) is 13.2. The third kappa shape index (κ3) is 2.16. The molecule has 0 aliphatic carbocycles. The molecule has 1 atom stereocenters. The van der Waals surface area contributed by atoms with Crippen LogP contribution in [0.2, 0.25) is 0 Å². The van der Waals surface area contributed by atoms with Crippen LogP contribution in [0.3, 0.4) is 0 Å². The van der Waals surface area contributed by atoms with Crippen molar-refractivity contribution in [3.8, 4) is 11.5 Å². The second-order valence-corrected chi connectivity index (χ2v) is 6.20. The van der Waals surface area contributed by atoms with Crippen LogP contribution in [0.5, 0.6) is 11.5 Å². The minimum atomic E-state index is -0.0728. The van der Waals surface area contributed by atoms with Crippen molar-refractivity contribution < 1.29 is 14.3 Å². The third-order valence-corrected chi connectivity index (χ3v) is 4.91. The van der Waals surface area contributed by atoms with Crippen LogP contribution >= 0.6 is 11.8 Å². The molecule has 6 heteroatoms. The van der Waals surface area contributed by atoms with Crippen molar-refractivity contribution in [3.05, 3.63) is 48.0 Å². The van der Waals surface area contributed by atoms with Crippen LogP contribution in [0.1, 0.15) is 10.9 Å². The Morgan fingerprint density at radius 3 is 2.86 bits per heavy atom. The zero-order valence-electron chi connectivity index (χ0n) is 11.7. The van der Waals surface area contributed by atoms with Gasteiger partial charge in [0.15, 0.2) is 11.5 Å². The van der Waals surface area contributed by atoms with Crippen LogP contribution in [0.4, 0.5) is 11.4 Å². The van der Waals surface area contributed by atoms with Gasteiger partial charge in [-0.15, -0.1) is 11.8 Å². The summed E-state index contributed by atoms with van der Waals surface area (Å²) >= 11 is 1.60. The summed E-state index contributed by atoms with van der Waals surface area (Å²) in [5, 5.41) is -0.0728. The second kappa shape index (κ2) is 5.14. The fourth-order valence-corrected chi connectivity index (χ4v) is 3.86. The molecule has 2 heterocycles. The fourth-order valence-electron chi connectivity index (χ4n) is 2.70. The predicted octanol–water partition coefficient (Wildman–Crippen LogP) is 2.78. The molecular formula is C16H14N2O3S. The second-order valence-electron chi connectivity index (χ2n) is 5.13. The summed E-state index contributed by atoms with van der Waals surface area (Å²) in [4.78, 5) is 14.1. The molecule has 0 radical (unpaired) electrons. The Labute approximate surface area is 132 Å². The van der Waals surface area contributed by atoms with Gasteiger partial charge in [0.05, 0.1) is 5.75 Å². The van der Waals surface area contributed by atoms with Crippen molar-refractivity contribution >= 4 is 29.0 Å². The summed E-state index contributed by atoms with van der Waals surface area (Å²) in [6.45, 7) is 0.222. The van der Waals surface area contributed by atoms with Gasteiger partial charge >= 0.3 is 0 Å². The van der Waals surface area contributed by atoms with Gasteiger partial charge in [0.1, 0.15) is 5.37 Å². The number of fused-ring (bicyclic) bond motifs is 1. The number of thioether (sulfide) groups is 1. The number of benzene rings is 2. The molecule has 2 aromatic carbocycles. The van der Waals surface area contributed by atoms with Crippen molar-refractivity contribution in [2.75, 3.05) is 23.2 Å². The number of carbonyl (C=O) groups is 1. The summed E-state index contributed by atoms with van der Waals surface area (Å²) in [5.74, 6) is 1.92. The number of rotatable bonds is 2. The largest absolute Gasteiger partial charge is 0.454 e. The molecular weight excluding hydrogens is 300 g/mol. The zero-order chi connectivity index (χ0) is 15.1. The first kappa shape index (κ1) is 13.3. The fraction of sp³-hybridized carbons (Fsp3) is 0.188. The quantitative estimate of drug-likeness (QED) is 0.864. The molecule has 22 heavy (non-hydrogen) atoms. The summed E-state index contributed by atoms with van der Waals surface area (Å²) in [5.41, 5.74) is 8.40. The number of carbonyl (C=O) groups excluding carboxylic acids is 1. The van der Waals surface area contributed by atoms with Crippen molar-refractivity contribution in [2.24, 2.45) is 0 Å². The SMILES string of the molecule is Nc1cccc([C@@H]2SCC(=O)N2c2ccc3c(c2)OCO3)c1. The van der Waals surface area contributed by atoms with Gasteiger partial charge in [-0.1, -0.05) is 12.1 Å². The highest BCUT2D eigenvalue weighted by Gasteiger charge is 2.34. The van der Waals surface area contributed by atoms with Crippen LogP contribution < -0.4 is 20.1 Å². The van der Waals surface area contributed by atoms with E-state index in [9.17, 15) is 4.79 Å². The lowest BCUT2D eigenvalue weighted by Crippen LogP contribution is -2.27. The smallest absolute Gasteiger partial charge is 0.238 e. The van der Waals surface area contributed by atoms with Gasteiger partial charge in [-0.3, -0.25) is 9.69 Å². The van der Waals surface area contributed by atoms with E-state index < -0.39 is 0 Å². The van der Waals surface area contributed by atoms with Gasteiger partial charge in [-0.25, -0.2) is 0 Å². The normalized spacial score (nSPS) is 19.7. The third-order valence-electron chi connectivity index (χ3n) is 3.70. The van der Waals surface area contributed by atoms with Crippen LogP contribution in [0, 0.1) is 0 Å². The number of hydrogen-bond donors (Lipinski definition) is 1. The molecule has 112 valence electrons. The Bertz CT molecular complexity index is 750. The number of anilines is 2. The van der Waals surface area contributed by atoms with E-state index in [4.69, 9.17) is 15.2 Å². The summed E-state index contributed by atoms with van der Waals surface area (Å²) in [7, 11) is 0. The lowest BCUT2D eigenvalue weighted by molar-refractivity contribution is -0.115.